The molecular formula is C67H43FN2. The third-order valence-corrected chi connectivity index (χ3v) is 14.9. The van der Waals surface area contributed by atoms with Gasteiger partial charge in [0.05, 0.1) is 22.1 Å². The minimum atomic E-state index is -0.489. The molecule has 0 spiro atoms. The number of fused-ring (bicyclic) bond motifs is 10. The Hall–Kier alpha value is -9.05. The zero-order chi connectivity index (χ0) is 46.3. The van der Waals surface area contributed by atoms with Crippen LogP contribution in [-0.4, -0.2) is 4.57 Å². The lowest BCUT2D eigenvalue weighted by Gasteiger charge is -2.34. The summed E-state index contributed by atoms with van der Waals surface area (Å²) in [7, 11) is 0. The SMILES string of the molecule is Fc1ccc(N(c2ccc3cc(-c4ccc5c(c4)c4ccccc4n5-c4ccc5c(c4)C(c4ccccc4)(c4ccccc4)c4ccccc4-5)ccc3c2)c2cc3ccccc3c3ccccc23)cc1. The maximum atomic E-state index is 14.4. The van der Waals surface area contributed by atoms with E-state index in [2.05, 4.69) is 246 Å². The third kappa shape index (κ3) is 6.05. The van der Waals surface area contributed by atoms with E-state index in [9.17, 15) is 4.39 Å². The van der Waals surface area contributed by atoms with E-state index in [0.29, 0.717) is 0 Å². The van der Waals surface area contributed by atoms with Crippen LogP contribution in [0.5, 0.6) is 0 Å². The molecule has 2 nitrogen and oxygen atoms in total. The lowest BCUT2D eigenvalue weighted by atomic mass is 9.67. The summed E-state index contributed by atoms with van der Waals surface area (Å²) in [5, 5.41) is 9.36. The molecule has 0 amide bonds. The highest BCUT2D eigenvalue weighted by molar-refractivity contribution is 6.15. The number of benzene rings is 12. The molecule has 1 aliphatic rings. The van der Waals surface area contributed by atoms with Gasteiger partial charge in [-0.1, -0.05) is 182 Å². The maximum Gasteiger partial charge on any atom is 0.123 e. The number of hydrogen-bond acceptors (Lipinski definition) is 1. The smallest absolute Gasteiger partial charge is 0.123 e. The second-order valence-corrected chi connectivity index (χ2v) is 18.6. The number of anilines is 3. The molecular weight excluding hydrogens is 852 g/mol. The van der Waals surface area contributed by atoms with Crippen LogP contribution in [0.15, 0.2) is 261 Å². The van der Waals surface area contributed by atoms with Crippen molar-refractivity contribution in [3.63, 3.8) is 0 Å². The Balaban J connectivity index is 0.889. The van der Waals surface area contributed by atoms with Gasteiger partial charge in [-0.05, 0) is 150 Å². The molecule has 0 N–H and O–H groups in total. The maximum absolute atomic E-state index is 14.4. The molecule has 0 radical (unpaired) electrons. The predicted molar refractivity (Wildman–Crippen MR) is 291 cm³/mol. The van der Waals surface area contributed by atoms with Gasteiger partial charge in [-0.2, -0.15) is 0 Å². The van der Waals surface area contributed by atoms with Crippen LogP contribution in [0.4, 0.5) is 21.5 Å². The Bertz CT molecular complexity index is 4150. The van der Waals surface area contributed by atoms with E-state index >= 15 is 0 Å². The van der Waals surface area contributed by atoms with Crippen molar-refractivity contribution in [3.8, 4) is 27.9 Å². The predicted octanol–water partition coefficient (Wildman–Crippen LogP) is 17.9. The molecule has 0 saturated heterocycles. The van der Waals surface area contributed by atoms with Gasteiger partial charge in [0.2, 0.25) is 0 Å². The Morgan fingerprint density at radius 1 is 0.343 bits per heavy atom. The van der Waals surface area contributed by atoms with Crippen LogP contribution >= 0.6 is 0 Å². The molecule has 12 aromatic carbocycles. The van der Waals surface area contributed by atoms with Crippen LogP contribution in [0.25, 0.3) is 82.1 Å². The molecule has 0 unspecified atom stereocenters. The van der Waals surface area contributed by atoms with Crippen molar-refractivity contribution in [3.05, 3.63) is 289 Å². The summed E-state index contributed by atoms with van der Waals surface area (Å²) in [5.74, 6) is -0.260. The fourth-order valence-corrected chi connectivity index (χ4v) is 11.8. The number of nitrogens with zero attached hydrogens (tertiary/aromatic N) is 2. The van der Waals surface area contributed by atoms with Gasteiger partial charge in [0.25, 0.3) is 0 Å². The number of aromatic nitrogens is 1. The lowest BCUT2D eigenvalue weighted by Crippen LogP contribution is -2.28. The topological polar surface area (TPSA) is 8.17 Å². The average molecular weight is 895 g/mol. The van der Waals surface area contributed by atoms with E-state index in [-0.39, 0.29) is 5.82 Å². The van der Waals surface area contributed by atoms with Crippen molar-refractivity contribution >= 4 is 71.2 Å². The van der Waals surface area contributed by atoms with Crippen LogP contribution in [-0.2, 0) is 5.41 Å². The quantitative estimate of drug-likeness (QED) is 0.145. The van der Waals surface area contributed by atoms with Crippen LogP contribution in [0.3, 0.4) is 0 Å². The first-order valence-electron chi connectivity index (χ1n) is 24.0. The first-order valence-corrected chi connectivity index (χ1v) is 24.0. The largest absolute Gasteiger partial charge is 0.310 e. The van der Waals surface area contributed by atoms with Gasteiger partial charge >= 0.3 is 0 Å². The van der Waals surface area contributed by atoms with Crippen LogP contribution in [0, 0.1) is 5.82 Å². The average Bonchev–Trinajstić information content (AvgIpc) is 3.92. The molecule has 1 heterocycles. The van der Waals surface area contributed by atoms with E-state index in [4.69, 9.17) is 0 Å². The fourth-order valence-electron chi connectivity index (χ4n) is 11.8. The Labute approximate surface area is 405 Å². The molecule has 0 bridgehead atoms. The van der Waals surface area contributed by atoms with Gasteiger partial charge in [0.15, 0.2) is 0 Å². The van der Waals surface area contributed by atoms with Crippen molar-refractivity contribution in [2.24, 2.45) is 0 Å². The summed E-state index contributed by atoms with van der Waals surface area (Å²) in [6, 6.07) is 93.4. The zero-order valence-electron chi connectivity index (χ0n) is 38.1. The molecule has 1 aliphatic carbocycles. The Morgan fingerprint density at radius 2 is 0.929 bits per heavy atom. The van der Waals surface area contributed by atoms with Gasteiger partial charge in [-0.3, -0.25) is 0 Å². The molecule has 0 aliphatic heterocycles. The third-order valence-electron chi connectivity index (χ3n) is 14.9. The van der Waals surface area contributed by atoms with Gasteiger partial charge in [0, 0.05) is 33.2 Å². The first kappa shape index (κ1) is 40.1. The molecule has 3 heteroatoms. The minimum Gasteiger partial charge on any atom is -0.310 e. The standard InChI is InChI=1S/C67H43FN2/c68-51-31-34-52(35-32-51)69(66-42-48-15-7-8-20-55(48)56-21-9-10-23-59(56)66)53-33-29-45-39-44(27-28-46(45)40-53)47-30-38-65-61(41-47)60-24-12-14-26-64(60)70(65)54-36-37-58-57-22-11-13-25-62(57)67(63(58)43-54,49-16-3-1-4-17-49)50-18-5-2-6-19-50/h1-43H. The van der Waals surface area contributed by atoms with E-state index in [1.54, 1.807) is 12.1 Å². The monoisotopic (exact) mass is 894 g/mol. The van der Waals surface area contributed by atoms with Gasteiger partial charge in [-0.15, -0.1) is 0 Å². The second kappa shape index (κ2) is 15.8. The van der Waals surface area contributed by atoms with Gasteiger partial charge in [-0.25, -0.2) is 4.39 Å². The minimum absolute atomic E-state index is 0.260. The van der Waals surface area contributed by atoms with Crippen molar-refractivity contribution in [1.29, 1.82) is 0 Å². The lowest BCUT2D eigenvalue weighted by molar-refractivity contribution is 0.628. The van der Waals surface area contributed by atoms with Crippen LogP contribution in [0.1, 0.15) is 22.3 Å². The molecule has 0 saturated carbocycles. The summed E-state index contributed by atoms with van der Waals surface area (Å²) in [5.41, 5.74) is 15.9. The molecule has 0 fully saturated rings. The summed E-state index contributed by atoms with van der Waals surface area (Å²) in [6.07, 6.45) is 0. The van der Waals surface area contributed by atoms with Crippen molar-refractivity contribution < 1.29 is 4.39 Å². The number of rotatable bonds is 7. The molecule has 14 rings (SSSR count). The molecule has 328 valence electrons. The van der Waals surface area contributed by atoms with E-state index < -0.39 is 5.41 Å². The van der Waals surface area contributed by atoms with Gasteiger partial charge in [0.1, 0.15) is 5.82 Å². The van der Waals surface area contributed by atoms with E-state index in [0.717, 1.165) is 60.9 Å². The summed E-state index contributed by atoms with van der Waals surface area (Å²) >= 11 is 0. The van der Waals surface area contributed by atoms with E-state index in [1.807, 2.05) is 12.1 Å². The number of hydrogen-bond donors (Lipinski definition) is 0. The highest BCUT2D eigenvalue weighted by Crippen LogP contribution is 2.57. The highest BCUT2D eigenvalue weighted by atomic mass is 19.1. The molecule has 1 aromatic heterocycles. The fraction of sp³-hybridized carbons (Fsp3) is 0.0149. The van der Waals surface area contributed by atoms with E-state index in [1.165, 1.54) is 60.4 Å². The summed E-state index contributed by atoms with van der Waals surface area (Å²) in [6.45, 7) is 0. The van der Waals surface area contributed by atoms with Crippen LogP contribution < -0.4 is 4.90 Å². The molecule has 70 heavy (non-hydrogen) atoms. The summed E-state index contributed by atoms with van der Waals surface area (Å²) < 4.78 is 16.9. The number of halogens is 1. The molecule has 0 atom stereocenters. The Kier molecular flexibility index (Phi) is 9.02. The zero-order valence-corrected chi connectivity index (χ0v) is 38.1. The van der Waals surface area contributed by atoms with Crippen molar-refractivity contribution in [2.75, 3.05) is 4.90 Å². The number of para-hydroxylation sites is 1. The second-order valence-electron chi connectivity index (χ2n) is 18.6. The van der Waals surface area contributed by atoms with Gasteiger partial charge < -0.3 is 9.47 Å². The van der Waals surface area contributed by atoms with Crippen molar-refractivity contribution in [1.82, 2.24) is 4.57 Å². The highest BCUT2D eigenvalue weighted by Gasteiger charge is 2.46. The van der Waals surface area contributed by atoms with Crippen LogP contribution in [0.2, 0.25) is 0 Å². The summed E-state index contributed by atoms with van der Waals surface area (Å²) in [4.78, 5) is 2.26. The molecule has 13 aromatic rings. The van der Waals surface area contributed by atoms with Crippen molar-refractivity contribution in [2.45, 2.75) is 5.41 Å². The Morgan fingerprint density at radius 3 is 1.73 bits per heavy atom. The first-order chi connectivity index (χ1) is 34.6. The normalized spacial score (nSPS) is 12.8.